The van der Waals surface area contributed by atoms with Crippen LogP contribution in [0.2, 0.25) is 0 Å². The van der Waals surface area contributed by atoms with Crippen molar-refractivity contribution in [3.63, 3.8) is 0 Å². The Kier molecular flexibility index (Phi) is 6.89. The lowest BCUT2D eigenvalue weighted by atomic mass is 10.2. The van der Waals surface area contributed by atoms with E-state index in [0.717, 1.165) is 17.7 Å². The fourth-order valence-electron chi connectivity index (χ4n) is 2.13. The third-order valence-corrected chi connectivity index (χ3v) is 3.40. The number of rotatable bonds is 8. The van der Waals surface area contributed by atoms with Crippen molar-refractivity contribution in [3.8, 4) is 17.2 Å². The Hall–Kier alpha value is -2.95. The Labute approximate surface area is 148 Å². The maximum absolute atomic E-state index is 12.1. The zero-order valence-electron chi connectivity index (χ0n) is 14.7. The molecule has 0 aliphatic rings. The molecule has 5 nitrogen and oxygen atoms in total. The lowest BCUT2D eigenvalue weighted by molar-refractivity contribution is -0.111. The van der Waals surface area contributed by atoms with E-state index >= 15 is 0 Å². The quantitative estimate of drug-likeness (QED) is 0.733. The van der Waals surface area contributed by atoms with E-state index in [1.165, 1.54) is 6.08 Å². The molecule has 0 radical (unpaired) electrons. The van der Waals surface area contributed by atoms with E-state index in [0.29, 0.717) is 23.8 Å². The molecule has 0 bridgehead atoms. The highest BCUT2D eigenvalue weighted by molar-refractivity contribution is 6.02. The van der Waals surface area contributed by atoms with Crippen LogP contribution in [0.4, 0.5) is 5.69 Å². The van der Waals surface area contributed by atoms with Gasteiger partial charge in [0.1, 0.15) is 17.2 Å². The Morgan fingerprint density at radius 1 is 1.00 bits per heavy atom. The smallest absolute Gasteiger partial charge is 0.248 e. The summed E-state index contributed by atoms with van der Waals surface area (Å²) in [6, 6.07) is 12.8. The topological polar surface area (TPSA) is 56.8 Å². The number of methoxy groups -OCH3 is 2. The minimum Gasteiger partial charge on any atom is -0.497 e. The van der Waals surface area contributed by atoms with E-state index in [1.54, 1.807) is 38.5 Å². The Morgan fingerprint density at radius 3 is 2.20 bits per heavy atom. The number of anilines is 1. The summed E-state index contributed by atoms with van der Waals surface area (Å²) in [7, 11) is 3.13. The molecule has 0 unspecified atom stereocenters. The molecule has 0 atom stereocenters. The SMILES string of the molecule is CCCOc1ccc(/C=C/C(=O)Nc2cc(OC)cc(OC)c2)cc1. The van der Waals surface area contributed by atoms with Crippen LogP contribution in [0.25, 0.3) is 6.08 Å². The number of hydrogen-bond donors (Lipinski definition) is 1. The summed E-state index contributed by atoms with van der Waals surface area (Å²) in [5.41, 5.74) is 1.52. The second-order valence-electron chi connectivity index (χ2n) is 5.34. The molecular formula is C20H23NO4. The van der Waals surface area contributed by atoms with Gasteiger partial charge in [0, 0.05) is 30.0 Å². The zero-order valence-corrected chi connectivity index (χ0v) is 14.7. The van der Waals surface area contributed by atoms with Gasteiger partial charge >= 0.3 is 0 Å². The van der Waals surface area contributed by atoms with Crippen LogP contribution >= 0.6 is 0 Å². The van der Waals surface area contributed by atoms with Gasteiger partial charge in [-0.3, -0.25) is 4.79 Å². The number of hydrogen-bond acceptors (Lipinski definition) is 4. The van der Waals surface area contributed by atoms with E-state index in [4.69, 9.17) is 14.2 Å². The molecule has 1 amide bonds. The maximum atomic E-state index is 12.1. The van der Waals surface area contributed by atoms with Gasteiger partial charge in [0.2, 0.25) is 5.91 Å². The summed E-state index contributed by atoms with van der Waals surface area (Å²) in [5.74, 6) is 1.82. The van der Waals surface area contributed by atoms with Gasteiger partial charge in [0.25, 0.3) is 0 Å². The fourth-order valence-corrected chi connectivity index (χ4v) is 2.13. The van der Waals surface area contributed by atoms with Gasteiger partial charge in [-0.05, 0) is 30.2 Å². The van der Waals surface area contributed by atoms with Gasteiger partial charge in [-0.1, -0.05) is 19.1 Å². The van der Waals surface area contributed by atoms with Gasteiger partial charge in [0.05, 0.1) is 20.8 Å². The normalized spacial score (nSPS) is 10.5. The van der Waals surface area contributed by atoms with Crippen molar-refractivity contribution in [2.75, 3.05) is 26.1 Å². The van der Waals surface area contributed by atoms with Crippen LogP contribution in [0.15, 0.2) is 48.5 Å². The minimum atomic E-state index is -0.235. The maximum Gasteiger partial charge on any atom is 0.248 e. The zero-order chi connectivity index (χ0) is 18.1. The molecule has 0 saturated heterocycles. The molecule has 0 fully saturated rings. The van der Waals surface area contributed by atoms with Crippen molar-refractivity contribution >= 4 is 17.7 Å². The van der Waals surface area contributed by atoms with Crippen LogP contribution in [-0.2, 0) is 4.79 Å². The first kappa shape index (κ1) is 18.4. The Morgan fingerprint density at radius 2 is 1.64 bits per heavy atom. The Bertz CT molecular complexity index is 701. The van der Waals surface area contributed by atoms with E-state index < -0.39 is 0 Å². The average molecular weight is 341 g/mol. The first-order valence-electron chi connectivity index (χ1n) is 8.09. The molecular weight excluding hydrogens is 318 g/mol. The molecule has 132 valence electrons. The number of carbonyl (C=O) groups is 1. The monoisotopic (exact) mass is 341 g/mol. The van der Waals surface area contributed by atoms with Gasteiger partial charge in [-0.2, -0.15) is 0 Å². The van der Waals surface area contributed by atoms with E-state index in [1.807, 2.05) is 24.3 Å². The molecule has 2 rings (SSSR count). The van der Waals surface area contributed by atoms with Crippen molar-refractivity contribution in [3.05, 3.63) is 54.1 Å². The van der Waals surface area contributed by atoms with Crippen molar-refractivity contribution in [2.24, 2.45) is 0 Å². The first-order valence-corrected chi connectivity index (χ1v) is 8.09. The number of carbonyl (C=O) groups excluding carboxylic acids is 1. The predicted molar refractivity (Wildman–Crippen MR) is 99.4 cm³/mol. The summed E-state index contributed by atoms with van der Waals surface area (Å²) in [4.78, 5) is 12.1. The van der Waals surface area contributed by atoms with E-state index in [-0.39, 0.29) is 5.91 Å². The third kappa shape index (κ3) is 5.88. The number of amides is 1. The minimum absolute atomic E-state index is 0.235. The molecule has 25 heavy (non-hydrogen) atoms. The first-order chi connectivity index (χ1) is 12.1. The molecule has 5 heteroatoms. The Balaban J connectivity index is 1.98. The fraction of sp³-hybridized carbons (Fsp3) is 0.250. The predicted octanol–water partition coefficient (Wildman–Crippen LogP) is 4.14. The van der Waals surface area contributed by atoms with Crippen molar-refractivity contribution in [1.29, 1.82) is 0 Å². The van der Waals surface area contributed by atoms with Gasteiger partial charge < -0.3 is 19.5 Å². The second-order valence-corrected chi connectivity index (χ2v) is 5.34. The average Bonchev–Trinajstić information content (AvgIpc) is 2.65. The van der Waals surface area contributed by atoms with Crippen molar-refractivity contribution in [2.45, 2.75) is 13.3 Å². The molecule has 0 spiro atoms. The van der Waals surface area contributed by atoms with Crippen LogP contribution in [0, 0.1) is 0 Å². The lowest BCUT2D eigenvalue weighted by Gasteiger charge is -2.08. The molecule has 0 aliphatic heterocycles. The molecule has 0 aliphatic carbocycles. The van der Waals surface area contributed by atoms with Gasteiger partial charge in [0.15, 0.2) is 0 Å². The molecule has 0 saturated carbocycles. The number of nitrogens with one attached hydrogen (secondary N) is 1. The van der Waals surface area contributed by atoms with Crippen LogP contribution in [-0.4, -0.2) is 26.7 Å². The summed E-state index contributed by atoms with van der Waals surface area (Å²) in [6.07, 6.45) is 4.20. The molecule has 1 N–H and O–H groups in total. The van der Waals surface area contributed by atoms with E-state index in [2.05, 4.69) is 12.2 Å². The highest BCUT2D eigenvalue weighted by Gasteiger charge is 2.04. The van der Waals surface area contributed by atoms with Crippen LogP contribution < -0.4 is 19.5 Å². The molecule has 2 aromatic rings. The molecule has 2 aromatic carbocycles. The third-order valence-electron chi connectivity index (χ3n) is 3.40. The summed E-state index contributed by atoms with van der Waals surface area (Å²) in [5, 5.41) is 2.79. The highest BCUT2D eigenvalue weighted by atomic mass is 16.5. The molecule has 0 heterocycles. The van der Waals surface area contributed by atoms with Gasteiger partial charge in [-0.25, -0.2) is 0 Å². The number of benzene rings is 2. The van der Waals surface area contributed by atoms with Crippen molar-refractivity contribution < 1.29 is 19.0 Å². The van der Waals surface area contributed by atoms with Crippen LogP contribution in [0.3, 0.4) is 0 Å². The van der Waals surface area contributed by atoms with Crippen LogP contribution in [0.5, 0.6) is 17.2 Å². The standard InChI is InChI=1S/C20H23NO4/c1-4-11-25-17-8-5-15(6-9-17)7-10-20(22)21-16-12-18(23-2)14-19(13-16)24-3/h5-10,12-14H,4,11H2,1-3H3,(H,21,22)/b10-7+. The number of ether oxygens (including phenoxy) is 3. The van der Waals surface area contributed by atoms with E-state index in [9.17, 15) is 4.79 Å². The summed E-state index contributed by atoms with van der Waals surface area (Å²) >= 11 is 0. The summed E-state index contributed by atoms with van der Waals surface area (Å²) in [6.45, 7) is 2.76. The van der Waals surface area contributed by atoms with Crippen LogP contribution in [0.1, 0.15) is 18.9 Å². The van der Waals surface area contributed by atoms with Gasteiger partial charge in [-0.15, -0.1) is 0 Å². The molecule has 0 aromatic heterocycles. The highest BCUT2D eigenvalue weighted by Crippen LogP contribution is 2.25. The lowest BCUT2D eigenvalue weighted by Crippen LogP contribution is -2.08. The summed E-state index contributed by atoms with van der Waals surface area (Å²) < 4.78 is 15.9. The van der Waals surface area contributed by atoms with Crippen molar-refractivity contribution in [1.82, 2.24) is 0 Å². The largest absolute Gasteiger partial charge is 0.497 e. The second kappa shape index (κ2) is 9.37.